The molecular weight excluding hydrogens is 390 g/mol. The first-order chi connectivity index (χ1) is 13.8. The van der Waals surface area contributed by atoms with Gasteiger partial charge in [-0.05, 0) is 69.3 Å². The predicted octanol–water partition coefficient (Wildman–Crippen LogP) is 2.73. The summed E-state index contributed by atoms with van der Waals surface area (Å²) in [7, 11) is 0.322. The van der Waals surface area contributed by atoms with Crippen molar-refractivity contribution in [3.05, 3.63) is 54.0 Å². The molecule has 8 heteroatoms. The largest absolute Gasteiger partial charge is 0.468 e. The fourth-order valence-corrected chi connectivity index (χ4v) is 4.93. The first-order valence-corrected chi connectivity index (χ1v) is 11.3. The molecule has 1 N–H and O–H groups in total. The summed E-state index contributed by atoms with van der Waals surface area (Å²) in [5.74, 6) is 1.08. The molecule has 0 radical (unpaired) electrons. The summed E-state index contributed by atoms with van der Waals surface area (Å²) in [6.45, 7) is 3.62. The topological polar surface area (TPSA) is 82.9 Å². The molecular formula is C21H29N3O4S. The number of furan rings is 1. The molecule has 3 rings (SSSR count). The van der Waals surface area contributed by atoms with Gasteiger partial charge >= 0.3 is 0 Å². The van der Waals surface area contributed by atoms with E-state index in [1.54, 1.807) is 18.4 Å². The van der Waals surface area contributed by atoms with Gasteiger partial charge in [0.1, 0.15) is 5.76 Å². The van der Waals surface area contributed by atoms with Gasteiger partial charge in [0, 0.05) is 25.2 Å². The summed E-state index contributed by atoms with van der Waals surface area (Å²) in [4.78, 5) is 14.7. The van der Waals surface area contributed by atoms with Gasteiger partial charge in [-0.1, -0.05) is 6.92 Å². The van der Waals surface area contributed by atoms with Gasteiger partial charge in [-0.25, -0.2) is 8.42 Å². The minimum absolute atomic E-state index is 0.0879. The SMILES string of the molecule is CC1CCN(S(=O)(=O)c2ccc(C(=O)NCC(c3ccco3)N(C)C)cc2)CC1. The van der Waals surface area contributed by atoms with E-state index in [9.17, 15) is 13.2 Å². The van der Waals surface area contributed by atoms with Crippen molar-refractivity contribution < 1.29 is 17.6 Å². The Morgan fingerprint density at radius 3 is 2.41 bits per heavy atom. The van der Waals surface area contributed by atoms with Gasteiger partial charge in [-0.3, -0.25) is 9.69 Å². The van der Waals surface area contributed by atoms with Crippen LogP contribution in [0.5, 0.6) is 0 Å². The molecule has 1 unspecified atom stereocenters. The van der Waals surface area contributed by atoms with E-state index in [2.05, 4.69) is 12.2 Å². The highest BCUT2D eigenvalue weighted by Gasteiger charge is 2.28. The van der Waals surface area contributed by atoms with Crippen molar-refractivity contribution in [3.8, 4) is 0 Å². The number of benzene rings is 1. The molecule has 2 heterocycles. The second-order valence-electron chi connectivity index (χ2n) is 7.82. The molecule has 158 valence electrons. The number of nitrogens with one attached hydrogen (secondary N) is 1. The van der Waals surface area contributed by atoms with Crippen LogP contribution in [0.15, 0.2) is 52.0 Å². The molecule has 0 bridgehead atoms. The summed E-state index contributed by atoms with van der Waals surface area (Å²) in [6.07, 6.45) is 3.36. The Bertz CT molecular complexity index is 900. The number of piperidine rings is 1. The summed E-state index contributed by atoms with van der Waals surface area (Å²) >= 11 is 0. The Hall–Kier alpha value is -2.16. The normalized spacial score (nSPS) is 17.4. The van der Waals surface area contributed by atoms with Crippen molar-refractivity contribution in [3.63, 3.8) is 0 Å². The Balaban J connectivity index is 1.64. The Morgan fingerprint density at radius 2 is 1.86 bits per heavy atom. The maximum absolute atomic E-state index is 12.8. The lowest BCUT2D eigenvalue weighted by Crippen LogP contribution is -2.37. The monoisotopic (exact) mass is 419 g/mol. The van der Waals surface area contributed by atoms with Crippen LogP contribution in [0.25, 0.3) is 0 Å². The molecule has 1 fully saturated rings. The molecule has 1 amide bonds. The standard InChI is InChI=1S/C21H29N3O4S/c1-16-10-12-24(13-11-16)29(26,27)18-8-6-17(7-9-18)21(25)22-15-19(23(2)3)20-5-4-14-28-20/h4-9,14,16,19H,10-13,15H2,1-3H3,(H,22,25). The first-order valence-electron chi connectivity index (χ1n) is 9.87. The van der Waals surface area contributed by atoms with Crippen molar-refractivity contribution in [2.24, 2.45) is 5.92 Å². The number of hydrogen-bond donors (Lipinski definition) is 1. The average Bonchev–Trinajstić information content (AvgIpc) is 3.22. The molecule has 1 saturated heterocycles. The third-order valence-electron chi connectivity index (χ3n) is 5.45. The summed E-state index contributed by atoms with van der Waals surface area (Å²) < 4.78 is 32.6. The lowest BCUT2D eigenvalue weighted by atomic mass is 10.0. The molecule has 1 atom stereocenters. The van der Waals surface area contributed by atoms with Gasteiger partial charge in [0.05, 0.1) is 17.2 Å². The zero-order valence-corrected chi connectivity index (χ0v) is 18.0. The fraction of sp³-hybridized carbons (Fsp3) is 0.476. The quantitative estimate of drug-likeness (QED) is 0.746. The van der Waals surface area contributed by atoms with Gasteiger partial charge in [0.2, 0.25) is 10.0 Å². The van der Waals surface area contributed by atoms with Gasteiger partial charge in [0.15, 0.2) is 0 Å². The zero-order valence-electron chi connectivity index (χ0n) is 17.2. The molecule has 1 aliphatic rings. The number of carbonyl (C=O) groups is 1. The van der Waals surface area contributed by atoms with Crippen LogP contribution >= 0.6 is 0 Å². The molecule has 0 spiro atoms. The third-order valence-corrected chi connectivity index (χ3v) is 7.36. The zero-order chi connectivity index (χ0) is 21.0. The number of nitrogens with zero attached hydrogens (tertiary/aromatic N) is 2. The molecule has 2 aromatic rings. The number of amides is 1. The maximum atomic E-state index is 12.8. The van der Waals surface area contributed by atoms with E-state index >= 15 is 0 Å². The van der Waals surface area contributed by atoms with Crippen LogP contribution in [-0.4, -0.2) is 57.3 Å². The Kier molecular flexibility index (Phi) is 6.77. The van der Waals surface area contributed by atoms with Crippen LogP contribution in [0.4, 0.5) is 0 Å². The number of carbonyl (C=O) groups excluding carboxylic acids is 1. The van der Waals surface area contributed by atoms with Crippen molar-refractivity contribution >= 4 is 15.9 Å². The number of rotatable bonds is 7. The van der Waals surface area contributed by atoms with Gasteiger partial charge < -0.3 is 9.73 Å². The van der Waals surface area contributed by atoms with Crippen LogP contribution in [0, 0.1) is 5.92 Å². The molecule has 29 heavy (non-hydrogen) atoms. The van der Waals surface area contributed by atoms with E-state index < -0.39 is 10.0 Å². The smallest absolute Gasteiger partial charge is 0.251 e. The van der Waals surface area contributed by atoms with Crippen LogP contribution < -0.4 is 5.32 Å². The molecule has 7 nitrogen and oxygen atoms in total. The van der Waals surface area contributed by atoms with E-state index in [1.807, 2.05) is 31.1 Å². The van der Waals surface area contributed by atoms with Crippen LogP contribution in [0.1, 0.15) is 41.9 Å². The van der Waals surface area contributed by atoms with E-state index in [0.29, 0.717) is 31.1 Å². The van der Waals surface area contributed by atoms with Crippen LogP contribution in [-0.2, 0) is 10.0 Å². The van der Waals surface area contributed by atoms with Crippen molar-refractivity contribution in [1.29, 1.82) is 0 Å². The second-order valence-corrected chi connectivity index (χ2v) is 9.75. The van der Waals surface area contributed by atoms with Gasteiger partial charge in [0.25, 0.3) is 5.91 Å². The maximum Gasteiger partial charge on any atom is 0.251 e. The minimum Gasteiger partial charge on any atom is -0.468 e. The fourth-order valence-electron chi connectivity index (χ4n) is 3.46. The van der Waals surface area contributed by atoms with Crippen molar-refractivity contribution in [1.82, 2.24) is 14.5 Å². The lowest BCUT2D eigenvalue weighted by Gasteiger charge is -2.29. The molecule has 1 aromatic carbocycles. The number of hydrogen-bond acceptors (Lipinski definition) is 5. The average molecular weight is 420 g/mol. The van der Waals surface area contributed by atoms with Crippen LogP contribution in [0.2, 0.25) is 0 Å². The van der Waals surface area contributed by atoms with E-state index in [4.69, 9.17) is 4.42 Å². The van der Waals surface area contributed by atoms with Gasteiger partial charge in [-0.15, -0.1) is 0 Å². The number of likely N-dealkylation sites (N-methyl/N-ethyl adjacent to an activating group) is 1. The molecule has 1 aromatic heterocycles. The molecule has 0 saturated carbocycles. The van der Waals surface area contributed by atoms with E-state index in [0.717, 1.165) is 18.6 Å². The highest BCUT2D eigenvalue weighted by molar-refractivity contribution is 7.89. The van der Waals surface area contributed by atoms with Crippen molar-refractivity contribution in [2.45, 2.75) is 30.7 Å². The number of sulfonamides is 1. The molecule has 0 aliphatic carbocycles. The van der Waals surface area contributed by atoms with Crippen LogP contribution in [0.3, 0.4) is 0 Å². The minimum atomic E-state index is -3.51. The van der Waals surface area contributed by atoms with E-state index in [-0.39, 0.29) is 16.8 Å². The van der Waals surface area contributed by atoms with E-state index in [1.165, 1.54) is 16.4 Å². The summed E-state index contributed by atoms with van der Waals surface area (Å²) in [5, 5.41) is 2.89. The lowest BCUT2D eigenvalue weighted by molar-refractivity contribution is 0.0939. The third kappa shape index (κ3) is 5.07. The van der Waals surface area contributed by atoms with Crippen molar-refractivity contribution in [2.75, 3.05) is 33.7 Å². The second kappa shape index (κ2) is 9.11. The Morgan fingerprint density at radius 1 is 1.21 bits per heavy atom. The first kappa shape index (κ1) is 21.5. The highest BCUT2D eigenvalue weighted by atomic mass is 32.2. The summed E-state index contributed by atoms with van der Waals surface area (Å²) in [5.41, 5.74) is 0.424. The highest BCUT2D eigenvalue weighted by Crippen LogP contribution is 2.24. The predicted molar refractivity (Wildman–Crippen MR) is 111 cm³/mol. The molecule has 1 aliphatic heterocycles. The Labute approximate surface area is 172 Å². The van der Waals surface area contributed by atoms with Gasteiger partial charge in [-0.2, -0.15) is 4.31 Å². The summed E-state index contributed by atoms with van der Waals surface area (Å²) in [6, 6.07) is 9.75.